The van der Waals surface area contributed by atoms with Crippen LogP contribution >= 0.6 is 12.4 Å². The summed E-state index contributed by atoms with van der Waals surface area (Å²) in [5.74, 6) is 0. The second-order valence-electron chi connectivity index (χ2n) is 2.69. The van der Waals surface area contributed by atoms with Crippen LogP contribution in [0.25, 0.3) is 0 Å². The van der Waals surface area contributed by atoms with E-state index in [0.29, 0.717) is 0 Å². The first kappa shape index (κ1) is 11.5. The van der Waals surface area contributed by atoms with E-state index in [1.165, 1.54) is 7.14 Å². The van der Waals surface area contributed by atoms with Gasteiger partial charge in [0, 0.05) is 0 Å². The zero-order valence-corrected chi connectivity index (χ0v) is 10.5. The van der Waals surface area contributed by atoms with Gasteiger partial charge < -0.3 is 0 Å². The molecule has 0 saturated heterocycles. The number of hydrogen-bond donors (Lipinski definition) is 0. The predicted molar refractivity (Wildman–Crippen MR) is 57.5 cm³/mol. The standard InChI is InChI=1S/C12H10I.ClH/c1-3-7-11(8-4-1)13-12-9-5-2-6-10-12;/h1-10H;1H/q-1;. The third-order valence-electron chi connectivity index (χ3n) is 1.68. The third kappa shape index (κ3) is 3.31. The Morgan fingerprint density at radius 2 is 0.929 bits per heavy atom. The first-order chi connectivity index (χ1) is 6.45. The molecule has 0 N–H and O–H groups in total. The van der Waals surface area contributed by atoms with E-state index in [4.69, 9.17) is 0 Å². The summed E-state index contributed by atoms with van der Waals surface area (Å²) in [4.78, 5) is 0. The van der Waals surface area contributed by atoms with Gasteiger partial charge in [-0.25, -0.2) is 0 Å². The summed E-state index contributed by atoms with van der Waals surface area (Å²) in [7, 11) is 0. The Labute approximate surface area is 101 Å². The van der Waals surface area contributed by atoms with Crippen molar-refractivity contribution in [2.45, 2.75) is 0 Å². The van der Waals surface area contributed by atoms with Crippen molar-refractivity contribution in [3.05, 3.63) is 67.8 Å². The fourth-order valence-electron chi connectivity index (χ4n) is 1.08. The monoisotopic (exact) mass is 317 g/mol. The fraction of sp³-hybridized carbons (Fsp3) is 0. The topological polar surface area (TPSA) is 0 Å². The second kappa shape index (κ2) is 6.04. The van der Waals surface area contributed by atoms with Crippen LogP contribution in [0, 0.1) is 7.14 Å². The van der Waals surface area contributed by atoms with E-state index >= 15 is 0 Å². The quantitative estimate of drug-likeness (QED) is 0.696. The van der Waals surface area contributed by atoms with Gasteiger partial charge in [-0.3, -0.25) is 0 Å². The molecule has 0 heterocycles. The molecule has 0 aliphatic carbocycles. The number of halogens is 2. The maximum absolute atomic E-state index is 2.21. The van der Waals surface area contributed by atoms with Crippen molar-refractivity contribution < 1.29 is 21.2 Å². The molecule has 0 aromatic heterocycles. The van der Waals surface area contributed by atoms with Crippen molar-refractivity contribution in [2.75, 3.05) is 0 Å². The average Bonchev–Trinajstić information content (AvgIpc) is 2.21. The molecule has 74 valence electrons. The van der Waals surface area contributed by atoms with Crippen LogP contribution in [-0.2, 0) is 0 Å². The molecule has 0 aliphatic heterocycles. The molecular formula is C12H11ClI-. The molecule has 0 saturated carbocycles. The van der Waals surface area contributed by atoms with Crippen LogP contribution in [0.3, 0.4) is 0 Å². The molecule has 2 aromatic rings. The molecule has 0 radical (unpaired) electrons. The van der Waals surface area contributed by atoms with E-state index < -0.39 is 0 Å². The molecule has 2 rings (SSSR count). The Kier molecular flexibility index (Phi) is 4.98. The van der Waals surface area contributed by atoms with Crippen molar-refractivity contribution in [3.8, 4) is 0 Å². The zero-order chi connectivity index (χ0) is 8.93. The Bertz CT molecular complexity index is 321. The minimum absolute atomic E-state index is 0. The van der Waals surface area contributed by atoms with Gasteiger partial charge in [0.2, 0.25) is 0 Å². The van der Waals surface area contributed by atoms with Crippen molar-refractivity contribution >= 4 is 12.4 Å². The van der Waals surface area contributed by atoms with Gasteiger partial charge in [-0.1, -0.05) is 0 Å². The average molecular weight is 318 g/mol. The van der Waals surface area contributed by atoms with Crippen molar-refractivity contribution in [3.63, 3.8) is 0 Å². The zero-order valence-electron chi connectivity index (χ0n) is 7.56. The predicted octanol–water partition coefficient (Wildman–Crippen LogP) is 0.237. The van der Waals surface area contributed by atoms with E-state index in [1.54, 1.807) is 0 Å². The van der Waals surface area contributed by atoms with Gasteiger partial charge in [-0.2, -0.15) is 0 Å². The Balaban J connectivity index is 0.000000980. The number of benzene rings is 2. The maximum atomic E-state index is 2.21. The first-order valence-corrected chi connectivity index (χ1v) is 6.36. The van der Waals surface area contributed by atoms with Crippen molar-refractivity contribution in [1.29, 1.82) is 0 Å². The minimum atomic E-state index is 0. The van der Waals surface area contributed by atoms with Crippen LogP contribution in [0.2, 0.25) is 0 Å². The van der Waals surface area contributed by atoms with Gasteiger partial charge in [0.25, 0.3) is 0 Å². The molecule has 0 nitrogen and oxygen atoms in total. The molecular weight excluding hydrogens is 306 g/mol. The molecule has 0 bridgehead atoms. The summed E-state index contributed by atoms with van der Waals surface area (Å²) in [6.45, 7) is 0. The molecule has 2 aromatic carbocycles. The van der Waals surface area contributed by atoms with E-state index in [1.807, 2.05) is 0 Å². The van der Waals surface area contributed by atoms with Gasteiger partial charge in [0.15, 0.2) is 0 Å². The van der Waals surface area contributed by atoms with Crippen molar-refractivity contribution in [2.24, 2.45) is 0 Å². The van der Waals surface area contributed by atoms with Crippen LogP contribution in [-0.4, -0.2) is 0 Å². The van der Waals surface area contributed by atoms with Crippen LogP contribution in [0.5, 0.6) is 0 Å². The number of hydrogen-bond acceptors (Lipinski definition) is 0. The van der Waals surface area contributed by atoms with Crippen LogP contribution in [0.15, 0.2) is 60.7 Å². The summed E-state index contributed by atoms with van der Waals surface area (Å²) in [5, 5.41) is 0. The molecule has 2 heteroatoms. The Morgan fingerprint density at radius 3 is 1.29 bits per heavy atom. The molecule has 0 aliphatic rings. The summed E-state index contributed by atoms with van der Waals surface area (Å²) < 4.78 is 2.96. The summed E-state index contributed by atoms with van der Waals surface area (Å²) >= 11 is 0.0287. The van der Waals surface area contributed by atoms with Crippen LogP contribution < -0.4 is 21.2 Å². The Morgan fingerprint density at radius 1 is 0.571 bits per heavy atom. The first-order valence-electron chi connectivity index (χ1n) is 4.20. The van der Waals surface area contributed by atoms with E-state index in [9.17, 15) is 0 Å². The molecule has 0 spiro atoms. The molecule has 0 unspecified atom stereocenters. The summed E-state index contributed by atoms with van der Waals surface area (Å²) in [6, 6.07) is 21.4. The van der Waals surface area contributed by atoms with Crippen LogP contribution in [0.4, 0.5) is 0 Å². The van der Waals surface area contributed by atoms with Gasteiger partial charge in [0.05, 0.1) is 0 Å². The molecule has 0 fully saturated rings. The molecule has 0 atom stereocenters. The van der Waals surface area contributed by atoms with Gasteiger partial charge >= 0.3 is 89.0 Å². The Hall–Kier alpha value is -0.540. The fourth-order valence-corrected chi connectivity index (χ4v) is 3.35. The van der Waals surface area contributed by atoms with Gasteiger partial charge in [0.1, 0.15) is 0 Å². The van der Waals surface area contributed by atoms with E-state index in [2.05, 4.69) is 60.7 Å². The van der Waals surface area contributed by atoms with Gasteiger partial charge in [-0.05, 0) is 0 Å². The third-order valence-corrected chi connectivity index (χ3v) is 4.37. The van der Waals surface area contributed by atoms with E-state index in [0.717, 1.165) is 0 Å². The SMILES string of the molecule is Cl.c1ccc([I-]c2ccccc2)cc1. The van der Waals surface area contributed by atoms with Crippen LogP contribution in [0.1, 0.15) is 0 Å². The normalized spacial score (nSPS) is 9.43. The van der Waals surface area contributed by atoms with Gasteiger partial charge in [-0.15, -0.1) is 12.4 Å². The summed E-state index contributed by atoms with van der Waals surface area (Å²) in [6.07, 6.45) is 0. The number of rotatable bonds is 2. The van der Waals surface area contributed by atoms with Crippen molar-refractivity contribution in [1.82, 2.24) is 0 Å². The summed E-state index contributed by atoms with van der Waals surface area (Å²) in [5.41, 5.74) is 0. The molecule has 14 heavy (non-hydrogen) atoms. The van der Waals surface area contributed by atoms with E-state index in [-0.39, 0.29) is 33.6 Å². The molecule has 0 amide bonds. The second-order valence-corrected chi connectivity index (χ2v) is 5.72.